The maximum Gasteiger partial charge on any atom is 0.257 e. The fraction of sp³-hybridized carbons (Fsp3) is 0.174. The Kier molecular flexibility index (Phi) is 6.02. The number of benzene rings is 2. The molecule has 0 aliphatic carbocycles. The minimum atomic E-state index is -0.191. The Labute approximate surface area is 179 Å². The number of hydrogen-bond donors (Lipinski definition) is 1. The number of fused-ring (bicyclic) bond motifs is 1. The monoisotopic (exact) mass is 418 g/mol. The minimum Gasteiger partial charge on any atom is -0.492 e. The van der Waals surface area contributed by atoms with E-state index in [1.54, 1.807) is 24.5 Å². The summed E-state index contributed by atoms with van der Waals surface area (Å²) in [5.41, 5.74) is 3.61. The first-order valence-electron chi connectivity index (χ1n) is 9.58. The van der Waals surface area contributed by atoms with Gasteiger partial charge in [0.2, 0.25) is 0 Å². The predicted octanol–water partition coefficient (Wildman–Crippen LogP) is 4.55. The zero-order valence-electron chi connectivity index (χ0n) is 16.8. The molecule has 0 radical (unpaired) electrons. The van der Waals surface area contributed by atoms with Crippen LogP contribution in [0.25, 0.3) is 21.3 Å². The highest BCUT2D eigenvalue weighted by Gasteiger charge is 2.11. The molecule has 1 N–H and O–H groups in total. The number of aromatic nitrogens is 2. The van der Waals surface area contributed by atoms with Gasteiger partial charge < -0.3 is 9.64 Å². The third-order valence-electron chi connectivity index (χ3n) is 4.55. The molecule has 1 amide bonds. The van der Waals surface area contributed by atoms with Crippen molar-refractivity contribution in [2.75, 3.05) is 32.6 Å². The first-order valence-corrected chi connectivity index (χ1v) is 10.4. The molecule has 0 unspecified atom stereocenters. The number of anilines is 1. The van der Waals surface area contributed by atoms with Crippen LogP contribution in [0.4, 0.5) is 5.13 Å². The molecule has 0 spiro atoms. The third kappa shape index (κ3) is 4.82. The van der Waals surface area contributed by atoms with E-state index in [0.717, 1.165) is 33.6 Å². The van der Waals surface area contributed by atoms with Crippen molar-refractivity contribution in [2.45, 2.75) is 0 Å². The van der Waals surface area contributed by atoms with Crippen LogP contribution in [0.5, 0.6) is 5.75 Å². The Hall–Kier alpha value is -3.29. The highest BCUT2D eigenvalue weighted by Crippen LogP contribution is 2.30. The lowest BCUT2D eigenvalue weighted by molar-refractivity contribution is 0.102. The van der Waals surface area contributed by atoms with Gasteiger partial charge in [0.25, 0.3) is 5.91 Å². The number of thiazole rings is 1. The zero-order valence-corrected chi connectivity index (χ0v) is 17.6. The molecule has 0 aliphatic heterocycles. The maximum atomic E-state index is 12.6. The van der Waals surface area contributed by atoms with E-state index in [2.05, 4.69) is 26.3 Å². The van der Waals surface area contributed by atoms with Crippen LogP contribution in [0.3, 0.4) is 0 Å². The summed E-state index contributed by atoms with van der Waals surface area (Å²) in [6.07, 6.45) is 3.55. The van der Waals surface area contributed by atoms with Crippen LogP contribution in [-0.4, -0.2) is 48.0 Å². The van der Waals surface area contributed by atoms with E-state index in [9.17, 15) is 4.79 Å². The van der Waals surface area contributed by atoms with Gasteiger partial charge in [-0.1, -0.05) is 17.4 Å². The Bertz CT molecular complexity index is 1140. The predicted molar refractivity (Wildman–Crippen MR) is 121 cm³/mol. The first-order chi connectivity index (χ1) is 14.6. The van der Waals surface area contributed by atoms with Gasteiger partial charge in [0.1, 0.15) is 12.4 Å². The number of rotatable bonds is 7. The van der Waals surface area contributed by atoms with Crippen molar-refractivity contribution < 1.29 is 9.53 Å². The van der Waals surface area contributed by atoms with E-state index in [4.69, 9.17) is 4.74 Å². The summed E-state index contributed by atoms with van der Waals surface area (Å²) in [6.45, 7) is 1.44. The van der Waals surface area contributed by atoms with Crippen LogP contribution in [0.1, 0.15) is 10.4 Å². The molecule has 0 aliphatic rings. The number of carbonyl (C=O) groups is 1. The lowest BCUT2D eigenvalue weighted by Crippen LogP contribution is -2.19. The molecule has 7 heteroatoms. The van der Waals surface area contributed by atoms with Crippen molar-refractivity contribution in [2.24, 2.45) is 0 Å². The van der Waals surface area contributed by atoms with Gasteiger partial charge in [0.05, 0.1) is 10.2 Å². The smallest absolute Gasteiger partial charge is 0.257 e. The van der Waals surface area contributed by atoms with Crippen molar-refractivity contribution in [3.63, 3.8) is 0 Å². The van der Waals surface area contributed by atoms with Crippen LogP contribution in [0.15, 0.2) is 67.0 Å². The fourth-order valence-corrected chi connectivity index (χ4v) is 3.82. The number of pyridine rings is 1. The standard InChI is InChI=1S/C23H22N4O2S/c1-27(2)13-14-29-19-6-3-17(4-7-19)22(28)26-23-25-20-8-5-18(15-21(20)30-23)16-9-11-24-12-10-16/h3-12,15H,13-14H2,1-2H3,(H,25,26,28). The van der Waals surface area contributed by atoms with E-state index in [-0.39, 0.29) is 5.91 Å². The van der Waals surface area contributed by atoms with Gasteiger partial charge in [0.15, 0.2) is 5.13 Å². The molecule has 0 saturated heterocycles. The molecule has 2 aromatic carbocycles. The second-order valence-corrected chi connectivity index (χ2v) is 8.10. The minimum absolute atomic E-state index is 0.191. The molecular weight excluding hydrogens is 396 g/mol. The Balaban J connectivity index is 1.44. The summed E-state index contributed by atoms with van der Waals surface area (Å²) in [5.74, 6) is 0.556. The van der Waals surface area contributed by atoms with Crippen molar-refractivity contribution in [3.8, 4) is 16.9 Å². The first kappa shape index (κ1) is 20.0. The molecule has 4 aromatic rings. The van der Waals surface area contributed by atoms with Gasteiger partial charge in [0, 0.05) is 24.5 Å². The molecule has 2 heterocycles. The van der Waals surface area contributed by atoms with Crippen LogP contribution < -0.4 is 10.1 Å². The number of ether oxygens (including phenoxy) is 1. The van der Waals surface area contributed by atoms with Gasteiger partial charge in [-0.2, -0.15) is 0 Å². The molecule has 2 aromatic heterocycles. The van der Waals surface area contributed by atoms with E-state index in [1.807, 2.05) is 50.5 Å². The van der Waals surface area contributed by atoms with Crippen molar-refractivity contribution >= 4 is 32.6 Å². The number of nitrogens with one attached hydrogen (secondary N) is 1. The van der Waals surface area contributed by atoms with E-state index < -0.39 is 0 Å². The van der Waals surface area contributed by atoms with Crippen LogP contribution in [0.2, 0.25) is 0 Å². The number of hydrogen-bond acceptors (Lipinski definition) is 6. The zero-order chi connectivity index (χ0) is 20.9. The van der Waals surface area contributed by atoms with Gasteiger partial charge in [-0.25, -0.2) is 4.98 Å². The average molecular weight is 419 g/mol. The summed E-state index contributed by atoms with van der Waals surface area (Å²) in [7, 11) is 4.00. The number of amides is 1. The van der Waals surface area contributed by atoms with Crippen LogP contribution in [0, 0.1) is 0 Å². The Morgan fingerprint density at radius 2 is 1.80 bits per heavy atom. The highest BCUT2D eigenvalue weighted by atomic mass is 32.1. The van der Waals surface area contributed by atoms with Crippen molar-refractivity contribution in [3.05, 3.63) is 72.6 Å². The molecule has 152 valence electrons. The normalized spacial score (nSPS) is 11.0. The third-order valence-corrected chi connectivity index (χ3v) is 5.48. The summed E-state index contributed by atoms with van der Waals surface area (Å²) in [5, 5.41) is 3.47. The topological polar surface area (TPSA) is 67.3 Å². The number of likely N-dealkylation sites (N-methyl/N-ethyl adjacent to an activating group) is 1. The molecule has 0 saturated carbocycles. The summed E-state index contributed by atoms with van der Waals surface area (Å²) < 4.78 is 6.69. The SMILES string of the molecule is CN(C)CCOc1ccc(C(=O)Nc2nc3ccc(-c4ccncc4)cc3s2)cc1. The van der Waals surface area contributed by atoms with E-state index >= 15 is 0 Å². The van der Waals surface area contributed by atoms with Gasteiger partial charge in [-0.15, -0.1) is 0 Å². The van der Waals surface area contributed by atoms with Crippen LogP contribution >= 0.6 is 11.3 Å². The van der Waals surface area contributed by atoms with Crippen molar-refractivity contribution in [1.29, 1.82) is 0 Å². The number of nitrogens with zero attached hydrogens (tertiary/aromatic N) is 3. The van der Waals surface area contributed by atoms with E-state index in [1.165, 1.54) is 11.3 Å². The molecule has 4 rings (SSSR count). The average Bonchev–Trinajstić information content (AvgIpc) is 3.16. The van der Waals surface area contributed by atoms with Gasteiger partial charge >= 0.3 is 0 Å². The molecule has 0 atom stereocenters. The van der Waals surface area contributed by atoms with Crippen LogP contribution in [-0.2, 0) is 0 Å². The lowest BCUT2D eigenvalue weighted by atomic mass is 10.1. The maximum absolute atomic E-state index is 12.6. The second-order valence-electron chi connectivity index (χ2n) is 7.07. The van der Waals surface area contributed by atoms with Crippen molar-refractivity contribution in [1.82, 2.24) is 14.9 Å². The molecule has 0 fully saturated rings. The summed E-state index contributed by atoms with van der Waals surface area (Å²) >= 11 is 1.46. The quantitative estimate of drug-likeness (QED) is 0.477. The number of carbonyl (C=O) groups excluding carboxylic acids is 1. The highest BCUT2D eigenvalue weighted by molar-refractivity contribution is 7.22. The Morgan fingerprint density at radius 3 is 2.53 bits per heavy atom. The van der Waals surface area contributed by atoms with Gasteiger partial charge in [-0.05, 0) is 73.8 Å². The lowest BCUT2D eigenvalue weighted by Gasteiger charge is -2.11. The van der Waals surface area contributed by atoms with Gasteiger partial charge in [-0.3, -0.25) is 15.1 Å². The molecule has 30 heavy (non-hydrogen) atoms. The molecule has 6 nitrogen and oxygen atoms in total. The molecular formula is C23H22N4O2S. The fourth-order valence-electron chi connectivity index (χ4n) is 2.92. The Morgan fingerprint density at radius 1 is 1.03 bits per heavy atom. The summed E-state index contributed by atoms with van der Waals surface area (Å²) in [6, 6.07) is 17.2. The second kappa shape index (κ2) is 9.02. The summed E-state index contributed by atoms with van der Waals surface area (Å²) in [4.78, 5) is 23.2. The molecule has 0 bridgehead atoms. The largest absolute Gasteiger partial charge is 0.492 e. The van der Waals surface area contributed by atoms with E-state index in [0.29, 0.717) is 17.3 Å².